The van der Waals surface area contributed by atoms with Crippen LogP contribution in [0, 0.1) is 0 Å². The van der Waals surface area contributed by atoms with Gasteiger partial charge < -0.3 is 9.64 Å². The maximum atomic E-state index is 5.16. The van der Waals surface area contributed by atoms with Gasteiger partial charge in [-0.15, -0.1) is 0 Å². The van der Waals surface area contributed by atoms with E-state index in [1.54, 1.807) is 7.11 Å². The molecule has 1 aromatic carbocycles. The Bertz CT molecular complexity index is 313. The van der Waals surface area contributed by atoms with Gasteiger partial charge in [0.05, 0.1) is 7.11 Å². The zero-order chi connectivity index (χ0) is 13.2. The molecule has 0 atom stereocenters. The molecule has 0 aromatic heterocycles. The van der Waals surface area contributed by atoms with Crippen molar-refractivity contribution in [2.75, 3.05) is 26.5 Å². The monoisotopic (exact) mass is 267 g/mol. The fraction of sp³-hybridized carbons (Fsp3) is 0.600. The van der Waals surface area contributed by atoms with Gasteiger partial charge in [0.1, 0.15) is 5.75 Å². The number of ether oxygens (including phenoxy) is 1. The van der Waals surface area contributed by atoms with E-state index < -0.39 is 0 Å². The topological polar surface area (TPSA) is 12.5 Å². The van der Waals surface area contributed by atoms with E-state index in [1.165, 1.54) is 37.8 Å². The molecule has 0 saturated heterocycles. The van der Waals surface area contributed by atoms with Gasteiger partial charge in [0.15, 0.2) is 0 Å². The first-order chi connectivity index (χ1) is 8.76. The molecule has 0 aliphatic rings. The SMILES string of the molecule is COc1ccc(CN(C)CCCCCCS)cc1. The first kappa shape index (κ1) is 15.4. The van der Waals surface area contributed by atoms with Crippen LogP contribution in [0.4, 0.5) is 0 Å². The van der Waals surface area contributed by atoms with Crippen molar-refractivity contribution in [2.45, 2.75) is 32.2 Å². The fourth-order valence-electron chi connectivity index (χ4n) is 1.97. The van der Waals surface area contributed by atoms with E-state index in [0.717, 1.165) is 18.0 Å². The molecule has 3 heteroatoms. The molecule has 0 saturated carbocycles. The lowest BCUT2D eigenvalue weighted by Crippen LogP contribution is -2.19. The first-order valence-electron chi connectivity index (χ1n) is 6.68. The molecule has 0 amide bonds. The van der Waals surface area contributed by atoms with Crippen LogP contribution in [-0.2, 0) is 6.54 Å². The average molecular weight is 267 g/mol. The average Bonchev–Trinajstić information content (AvgIpc) is 2.39. The van der Waals surface area contributed by atoms with Gasteiger partial charge in [0.2, 0.25) is 0 Å². The number of thiol groups is 1. The van der Waals surface area contributed by atoms with Gasteiger partial charge in [-0.2, -0.15) is 12.6 Å². The molecule has 0 radical (unpaired) electrons. The summed E-state index contributed by atoms with van der Waals surface area (Å²) in [5.41, 5.74) is 1.34. The third-order valence-corrected chi connectivity index (χ3v) is 3.38. The number of unbranched alkanes of at least 4 members (excludes halogenated alkanes) is 3. The quantitative estimate of drug-likeness (QED) is 0.542. The van der Waals surface area contributed by atoms with Crippen LogP contribution in [0.5, 0.6) is 5.75 Å². The van der Waals surface area contributed by atoms with Gasteiger partial charge >= 0.3 is 0 Å². The Morgan fingerprint density at radius 1 is 1.06 bits per heavy atom. The maximum Gasteiger partial charge on any atom is 0.118 e. The van der Waals surface area contributed by atoms with Crippen molar-refractivity contribution in [3.05, 3.63) is 29.8 Å². The first-order valence-corrected chi connectivity index (χ1v) is 7.32. The standard InChI is InChI=1S/C15H25NOS/c1-16(11-5-3-4-6-12-18)13-14-7-9-15(17-2)10-8-14/h7-10,18H,3-6,11-13H2,1-2H3. The molecule has 0 fully saturated rings. The number of rotatable bonds is 9. The molecule has 0 spiro atoms. The van der Waals surface area contributed by atoms with Gasteiger partial charge in [-0.05, 0) is 49.9 Å². The van der Waals surface area contributed by atoms with Crippen molar-refractivity contribution >= 4 is 12.6 Å². The minimum Gasteiger partial charge on any atom is -0.497 e. The molecule has 102 valence electrons. The van der Waals surface area contributed by atoms with E-state index in [1.807, 2.05) is 12.1 Å². The molecular weight excluding hydrogens is 242 g/mol. The van der Waals surface area contributed by atoms with Crippen LogP contribution in [0.2, 0.25) is 0 Å². The zero-order valence-electron chi connectivity index (χ0n) is 11.6. The van der Waals surface area contributed by atoms with Gasteiger partial charge in [0.25, 0.3) is 0 Å². The highest BCUT2D eigenvalue weighted by atomic mass is 32.1. The Morgan fingerprint density at radius 2 is 1.72 bits per heavy atom. The summed E-state index contributed by atoms with van der Waals surface area (Å²) in [6.07, 6.45) is 5.14. The van der Waals surface area contributed by atoms with Crippen molar-refractivity contribution < 1.29 is 4.74 Å². The molecule has 0 unspecified atom stereocenters. The Kier molecular flexibility index (Phi) is 7.94. The van der Waals surface area contributed by atoms with Crippen LogP contribution in [0.15, 0.2) is 24.3 Å². The third kappa shape index (κ3) is 6.31. The third-order valence-electron chi connectivity index (χ3n) is 3.06. The summed E-state index contributed by atoms with van der Waals surface area (Å²) in [7, 11) is 3.88. The Labute approximate surface area is 117 Å². The lowest BCUT2D eigenvalue weighted by Gasteiger charge is -2.16. The Morgan fingerprint density at radius 3 is 2.33 bits per heavy atom. The lowest BCUT2D eigenvalue weighted by molar-refractivity contribution is 0.317. The van der Waals surface area contributed by atoms with E-state index in [2.05, 4.69) is 36.7 Å². The molecule has 0 heterocycles. The van der Waals surface area contributed by atoms with E-state index in [9.17, 15) is 0 Å². The minimum atomic E-state index is 0.924. The van der Waals surface area contributed by atoms with Gasteiger partial charge in [-0.1, -0.05) is 25.0 Å². The molecule has 0 aliphatic carbocycles. The summed E-state index contributed by atoms with van der Waals surface area (Å²) in [5, 5.41) is 0. The highest BCUT2D eigenvalue weighted by Gasteiger charge is 2.00. The maximum absolute atomic E-state index is 5.16. The summed E-state index contributed by atoms with van der Waals surface area (Å²) in [6.45, 7) is 2.18. The van der Waals surface area contributed by atoms with E-state index in [-0.39, 0.29) is 0 Å². The second-order valence-corrected chi connectivity index (χ2v) is 5.17. The minimum absolute atomic E-state index is 0.924. The summed E-state index contributed by atoms with van der Waals surface area (Å²) in [4.78, 5) is 2.38. The van der Waals surface area contributed by atoms with Gasteiger partial charge in [-0.3, -0.25) is 0 Å². The predicted molar refractivity (Wildman–Crippen MR) is 81.6 cm³/mol. The molecule has 0 bridgehead atoms. The number of methoxy groups -OCH3 is 1. The highest BCUT2D eigenvalue weighted by molar-refractivity contribution is 7.80. The number of benzene rings is 1. The molecule has 1 aromatic rings. The van der Waals surface area contributed by atoms with E-state index in [0.29, 0.717) is 0 Å². The Hall–Kier alpha value is -0.670. The predicted octanol–water partition coefficient (Wildman–Crippen LogP) is 3.62. The van der Waals surface area contributed by atoms with E-state index in [4.69, 9.17) is 4.74 Å². The van der Waals surface area contributed by atoms with Crippen LogP contribution in [0.1, 0.15) is 31.2 Å². The highest BCUT2D eigenvalue weighted by Crippen LogP contribution is 2.13. The largest absolute Gasteiger partial charge is 0.497 e. The van der Waals surface area contributed by atoms with Gasteiger partial charge in [0, 0.05) is 6.54 Å². The number of hydrogen-bond donors (Lipinski definition) is 1. The molecule has 18 heavy (non-hydrogen) atoms. The van der Waals surface area contributed by atoms with Crippen molar-refractivity contribution in [1.29, 1.82) is 0 Å². The lowest BCUT2D eigenvalue weighted by atomic mass is 10.2. The van der Waals surface area contributed by atoms with Crippen molar-refractivity contribution in [3.8, 4) is 5.75 Å². The molecule has 1 rings (SSSR count). The van der Waals surface area contributed by atoms with Crippen LogP contribution in [0.3, 0.4) is 0 Å². The summed E-state index contributed by atoms with van der Waals surface area (Å²) in [6, 6.07) is 8.32. The zero-order valence-corrected chi connectivity index (χ0v) is 12.5. The fourth-order valence-corrected chi connectivity index (χ4v) is 2.19. The molecular formula is C15H25NOS. The van der Waals surface area contributed by atoms with Gasteiger partial charge in [-0.25, -0.2) is 0 Å². The normalized spacial score (nSPS) is 10.9. The van der Waals surface area contributed by atoms with Crippen LogP contribution < -0.4 is 4.74 Å². The van der Waals surface area contributed by atoms with E-state index >= 15 is 0 Å². The van der Waals surface area contributed by atoms with Crippen LogP contribution >= 0.6 is 12.6 Å². The van der Waals surface area contributed by atoms with Crippen molar-refractivity contribution in [1.82, 2.24) is 4.90 Å². The summed E-state index contributed by atoms with van der Waals surface area (Å²) >= 11 is 4.23. The van der Waals surface area contributed by atoms with Crippen molar-refractivity contribution in [3.63, 3.8) is 0 Å². The summed E-state index contributed by atoms with van der Waals surface area (Å²) < 4.78 is 5.16. The summed E-state index contributed by atoms with van der Waals surface area (Å²) in [5.74, 6) is 1.94. The van der Waals surface area contributed by atoms with Crippen molar-refractivity contribution in [2.24, 2.45) is 0 Å². The second-order valence-electron chi connectivity index (χ2n) is 4.72. The van der Waals surface area contributed by atoms with Crippen LogP contribution in [0.25, 0.3) is 0 Å². The molecule has 0 aliphatic heterocycles. The molecule has 2 nitrogen and oxygen atoms in total. The molecule has 0 N–H and O–H groups in total. The number of hydrogen-bond acceptors (Lipinski definition) is 3. The number of nitrogens with zero attached hydrogens (tertiary/aromatic N) is 1. The smallest absolute Gasteiger partial charge is 0.118 e. The Balaban J connectivity index is 2.20. The second kappa shape index (κ2) is 9.29. The van der Waals surface area contributed by atoms with Crippen LogP contribution in [-0.4, -0.2) is 31.4 Å².